The van der Waals surface area contributed by atoms with Crippen molar-refractivity contribution >= 4 is 11.9 Å². The first-order valence-corrected chi connectivity index (χ1v) is 8.01. The number of unbranched alkanes of at least 4 members (excludes halogenated alkanes) is 3. The average Bonchev–Trinajstić information content (AvgIpc) is 2.57. The minimum atomic E-state index is -2.42. The Bertz CT molecular complexity index is 412. The second kappa shape index (κ2) is 12.1. The van der Waals surface area contributed by atoms with Gasteiger partial charge in [-0.1, -0.05) is 12.8 Å². The number of carboxylic acids is 1. The number of carboxylic acid groups (broad SMARTS) is 1. The first-order valence-electron chi connectivity index (χ1n) is 8.01. The largest absolute Gasteiger partial charge is 0.480 e. The summed E-state index contributed by atoms with van der Waals surface area (Å²) in [7, 11) is 0. The molecule has 0 unspecified atom stereocenters. The van der Waals surface area contributed by atoms with Gasteiger partial charge in [0.05, 0.1) is 6.61 Å². The molecule has 0 saturated carbocycles. The summed E-state index contributed by atoms with van der Waals surface area (Å²) in [5.41, 5.74) is 7.90. The summed E-state index contributed by atoms with van der Waals surface area (Å²) in [6.45, 7) is -0.529. The first-order chi connectivity index (χ1) is 11.7. The number of rotatable bonds is 15. The Kier molecular flexibility index (Phi) is 11.4. The fraction of sp³-hybridized carbons (Fsp3) is 0.857. The summed E-state index contributed by atoms with van der Waals surface area (Å²) in [5, 5.41) is 56.3. The van der Waals surface area contributed by atoms with Crippen molar-refractivity contribution in [2.45, 2.75) is 56.0 Å². The van der Waals surface area contributed by atoms with Crippen molar-refractivity contribution in [2.24, 2.45) is 5.73 Å². The van der Waals surface area contributed by atoms with Gasteiger partial charge >= 0.3 is 5.97 Å². The van der Waals surface area contributed by atoms with Gasteiger partial charge in [-0.3, -0.25) is 15.0 Å². The monoisotopic (exact) mass is 367 g/mol. The Morgan fingerprint density at radius 1 is 1.04 bits per heavy atom. The van der Waals surface area contributed by atoms with E-state index in [1.54, 1.807) is 0 Å². The summed E-state index contributed by atoms with van der Waals surface area (Å²) in [6, 6.07) is 0. The second-order valence-electron chi connectivity index (χ2n) is 5.81. The highest BCUT2D eigenvalue weighted by Gasteiger charge is 2.46. The van der Waals surface area contributed by atoms with Crippen LogP contribution < -0.4 is 16.6 Å². The Hall–Kier alpha value is -1.34. The van der Waals surface area contributed by atoms with E-state index < -0.39 is 42.4 Å². The van der Waals surface area contributed by atoms with Crippen LogP contribution in [0, 0.1) is 0 Å². The molecular formula is C14H29N3O8. The van der Waals surface area contributed by atoms with Gasteiger partial charge in [-0.05, 0) is 19.3 Å². The highest BCUT2D eigenvalue weighted by molar-refractivity contribution is 5.84. The number of aliphatic hydroxyl groups is 5. The zero-order valence-electron chi connectivity index (χ0n) is 14.0. The maximum atomic E-state index is 11.5. The number of aliphatic hydroxyl groups excluding tert-OH is 4. The highest BCUT2D eigenvalue weighted by Crippen LogP contribution is 2.23. The van der Waals surface area contributed by atoms with Crippen molar-refractivity contribution < 1.29 is 40.2 Å². The van der Waals surface area contributed by atoms with Crippen LogP contribution in [-0.2, 0) is 9.59 Å². The number of nitrogens with two attached hydrogens (primary N) is 1. The molecule has 0 fully saturated rings. The SMILES string of the molecule is NC(=O)[C@@](O)(CCCCCCNNCC(=O)O)[C@@H](O)[C@@H](O)[C@H](O)CO. The summed E-state index contributed by atoms with van der Waals surface area (Å²) in [4.78, 5) is 21.7. The molecule has 0 heterocycles. The molecule has 0 aromatic rings. The van der Waals surface area contributed by atoms with E-state index in [9.17, 15) is 30.0 Å². The predicted molar refractivity (Wildman–Crippen MR) is 86.0 cm³/mol. The number of hydrogen-bond donors (Lipinski definition) is 9. The molecule has 25 heavy (non-hydrogen) atoms. The smallest absolute Gasteiger partial charge is 0.318 e. The summed E-state index contributed by atoms with van der Waals surface area (Å²) in [6.07, 6.45) is -3.58. The van der Waals surface area contributed by atoms with Gasteiger partial charge in [0, 0.05) is 6.54 Å². The Morgan fingerprint density at radius 2 is 1.64 bits per heavy atom. The van der Waals surface area contributed by atoms with Crippen LogP contribution in [0.3, 0.4) is 0 Å². The molecule has 0 spiro atoms. The van der Waals surface area contributed by atoms with Gasteiger partial charge in [-0.2, -0.15) is 0 Å². The normalized spacial score (nSPS) is 17.5. The molecule has 11 nitrogen and oxygen atoms in total. The molecular weight excluding hydrogens is 338 g/mol. The second-order valence-corrected chi connectivity index (χ2v) is 5.81. The van der Waals surface area contributed by atoms with Crippen molar-refractivity contribution in [1.29, 1.82) is 0 Å². The van der Waals surface area contributed by atoms with Gasteiger partial charge in [-0.25, -0.2) is 5.43 Å². The van der Waals surface area contributed by atoms with Crippen LogP contribution in [-0.4, -0.2) is 86.1 Å². The number of nitrogens with one attached hydrogen (secondary N) is 2. The van der Waals surface area contributed by atoms with Crippen molar-refractivity contribution in [3.05, 3.63) is 0 Å². The lowest BCUT2D eigenvalue weighted by atomic mass is 9.85. The molecule has 0 aliphatic carbocycles. The van der Waals surface area contributed by atoms with Gasteiger partial charge in [0.1, 0.15) is 24.9 Å². The first kappa shape index (κ1) is 23.7. The Morgan fingerprint density at radius 3 is 2.16 bits per heavy atom. The predicted octanol–water partition coefficient (Wildman–Crippen LogP) is -3.59. The van der Waals surface area contributed by atoms with E-state index in [4.69, 9.17) is 15.9 Å². The van der Waals surface area contributed by atoms with E-state index in [0.717, 1.165) is 0 Å². The molecule has 0 saturated heterocycles. The maximum Gasteiger partial charge on any atom is 0.318 e. The standard InChI is InChI=1S/C14H29N3O8/c15-13(24)14(25,12(23)11(22)9(19)8-18)5-3-1-2-4-6-16-17-7-10(20)21/h9,11-12,16-19,22-23,25H,1-8H2,(H2,15,24)(H,20,21)/t9-,11+,12+,14-/m1/s1. The van der Waals surface area contributed by atoms with Crippen molar-refractivity contribution in [1.82, 2.24) is 10.9 Å². The third-order valence-corrected chi connectivity index (χ3v) is 3.80. The molecule has 4 atom stereocenters. The lowest BCUT2D eigenvalue weighted by molar-refractivity contribution is -0.175. The molecule has 0 aliphatic rings. The number of hydrogen-bond acceptors (Lipinski definition) is 9. The van der Waals surface area contributed by atoms with E-state index in [0.29, 0.717) is 32.2 Å². The fourth-order valence-electron chi connectivity index (χ4n) is 2.21. The molecule has 10 N–H and O–H groups in total. The van der Waals surface area contributed by atoms with Gasteiger partial charge in [0.25, 0.3) is 5.91 Å². The molecule has 0 bridgehead atoms. The van der Waals surface area contributed by atoms with Gasteiger partial charge in [-0.15, -0.1) is 0 Å². The summed E-state index contributed by atoms with van der Waals surface area (Å²) < 4.78 is 0. The lowest BCUT2D eigenvalue weighted by Crippen LogP contribution is -2.60. The van der Waals surface area contributed by atoms with Crippen LogP contribution in [0.2, 0.25) is 0 Å². The van der Waals surface area contributed by atoms with Crippen molar-refractivity contribution in [3.8, 4) is 0 Å². The van der Waals surface area contributed by atoms with E-state index >= 15 is 0 Å². The minimum absolute atomic E-state index is 0.203. The fourth-order valence-corrected chi connectivity index (χ4v) is 2.21. The molecule has 0 rings (SSSR count). The van der Waals surface area contributed by atoms with Crippen LogP contribution >= 0.6 is 0 Å². The Labute approximate surface area is 145 Å². The molecule has 0 aliphatic heterocycles. The van der Waals surface area contributed by atoms with Crippen LogP contribution in [0.5, 0.6) is 0 Å². The number of carbonyl (C=O) groups is 2. The summed E-state index contributed by atoms with van der Waals surface area (Å²) in [5.74, 6) is -2.21. The third-order valence-electron chi connectivity index (χ3n) is 3.80. The van der Waals surface area contributed by atoms with Gasteiger partial charge in [0.2, 0.25) is 0 Å². The van der Waals surface area contributed by atoms with Gasteiger partial charge < -0.3 is 36.4 Å². The van der Waals surface area contributed by atoms with Crippen LogP contribution in [0.15, 0.2) is 0 Å². The summed E-state index contributed by atoms with van der Waals surface area (Å²) >= 11 is 0. The number of aliphatic carboxylic acids is 1. The molecule has 11 heteroatoms. The van der Waals surface area contributed by atoms with Crippen molar-refractivity contribution in [2.75, 3.05) is 19.7 Å². The molecule has 0 aromatic carbocycles. The maximum absolute atomic E-state index is 11.5. The average molecular weight is 367 g/mol. The van der Waals surface area contributed by atoms with E-state index in [2.05, 4.69) is 10.9 Å². The topological polar surface area (TPSA) is 206 Å². The van der Waals surface area contributed by atoms with E-state index in [1.165, 1.54) is 0 Å². The Balaban J connectivity index is 4.19. The molecule has 0 radical (unpaired) electrons. The number of hydrazine groups is 1. The zero-order chi connectivity index (χ0) is 19.5. The number of amides is 1. The third kappa shape index (κ3) is 8.54. The number of primary amides is 1. The van der Waals surface area contributed by atoms with Gasteiger partial charge in [0.15, 0.2) is 5.60 Å². The number of carbonyl (C=O) groups excluding carboxylic acids is 1. The lowest BCUT2D eigenvalue weighted by Gasteiger charge is -2.34. The molecule has 148 valence electrons. The quantitative estimate of drug-likeness (QED) is 0.103. The molecule has 1 amide bonds. The minimum Gasteiger partial charge on any atom is -0.480 e. The van der Waals surface area contributed by atoms with E-state index in [1.807, 2.05) is 0 Å². The zero-order valence-corrected chi connectivity index (χ0v) is 14.0. The molecule has 0 aromatic heterocycles. The van der Waals surface area contributed by atoms with Crippen molar-refractivity contribution in [3.63, 3.8) is 0 Å². The van der Waals surface area contributed by atoms with Crippen LogP contribution in [0.25, 0.3) is 0 Å². The highest BCUT2D eigenvalue weighted by atomic mass is 16.4. The van der Waals surface area contributed by atoms with E-state index in [-0.39, 0.29) is 13.0 Å². The van der Waals surface area contributed by atoms with Crippen LogP contribution in [0.1, 0.15) is 32.1 Å². The van der Waals surface area contributed by atoms with Crippen LogP contribution in [0.4, 0.5) is 0 Å².